The van der Waals surface area contributed by atoms with Crippen molar-refractivity contribution in [3.63, 3.8) is 0 Å². The third kappa shape index (κ3) is 4.67. The molecule has 0 aliphatic heterocycles. The van der Waals surface area contributed by atoms with Crippen LogP contribution in [0.4, 0.5) is 0 Å². The Hall–Kier alpha value is -1.02. The van der Waals surface area contributed by atoms with E-state index in [-0.39, 0.29) is 0 Å². The van der Waals surface area contributed by atoms with Crippen LogP contribution < -0.4 is 0 Å². The Kier molecular flexibility index (Phi) is 6.12. The standard InChI is InChI=1S/C9H16O7/c1-4(10)7(13)9(15)8(14)6(12)3-16-5(2)11/h6-9,12-15H,3H2,1-2H3/t6-,7-,8-,9-/m1/s1. The number of rotatable bonds is 6. The van der Waals surface area contributed by atoms with Crippen molar-refractivity contribution in [3.05, 3.63) is 0 Å². The Morgan fingerprint density at radius 1 is 1.06 bits per heavy atom. The zero-order chi connectivity index (χ0) is 12.9. The van der Waals surface area contributed by atoms with Gasteiger partial charge in [0.15, 0.2) is 5.78 Å². The lowest BCUT2D eigenvalue weighted by molar-refractivity contribution is -0.156. The molecule has 0 saturated heterocycles. The summed E-state index contributed by atoms with van der Waals surface area (Å²) in [5.41, 5.74) is 0. The Bertz CT molecular complexity index is 252. The lowest BCUT2D eigenvalue weighted by Crippen LogP contribution is -2.48. The molecule has 0 amide bonds. The topological polar surface area (TPSA) is 124 Å². The fourth-order valence-corrected chi connectivity index (χ4v) is 0.956. The molecule has 0 saturated carbocycles. The summed E-state index contributed by atoms with van der Waals surface area (Å²) in [4.78, 5) is 21.1. The Morgan fingerprint density at radius 3 is 1.94 bits per heavy atom. The van der Waals surface area contributed by atoms with Gasteiger partial charge in [-0.2, -0.15) is 0 Å². The summed E-state index contributed by atoms with van der Waals surface area (Å²) in [7, 11) is 0. The molecule has 0 spiro atoms. The highest BCUT2D eigenvalue weighted by atomic mass is 16.5. The highest BCUT2D eigenvalue weighted by molar-refractivity contribution is 5.80. The monoisotopic (exact) mass is 236 g/mol. The number of ketones is 1. The van der Waals surface area contributed by atoms with E-state index >= 15 is 0 Å². The first kappa shape index (κ1) is 15.0. The largest absolute Gasteiger partial charge is 0.463 e. The summed E-state index contributed by atoms with van der Waals surface area (Å²) in [5, 5.41) is 37.0. The number of carbonyl (C=O) groups excluding carboxylic acids is 2. The number of hydrogen-bond donors (Lipinski definition) is 4. The van der Waals surface area contributed by atoms with Gasteiger partial charge in [-0.05, 0) is 6.92 Å². The minimum atomic E-state index is -1.83. The van der Waals surface area contributed by atoms with E-state index in [1.54, 1.807) is 0 Å². The SMILES string of the molecule is CC(=O)OC[C@@H](O)[C@@H](O)[C@H](O)[C@H](O)C(C)=O. The van der Waals surface area contributed by atoms with Gasteiger partial charge in [-0.25, -0.2) is 0 Å². The van der Waals surface area contributed by atoms with Crippen LogP contribution in [0.3, 0.4) is 0 Å². The van der Waals surface area contributed by atoms with Gasteiger partial charge in [0.25, 0.3) is 0 Å². The molecule has 0 rings (SSSR count). The van der Waals surface area contributed by atoms with Crippen LogP contribution in [-0.2, 0) is 14.3 Å². The van der Waals surface area contributed by atoms with Gasteiger partial charge in [-0.1, -0.05) is 0 Å². The highest BCUT2D eigenvalue weighted by Gasteiger charge is 2.33. The molecule has 7 nitrogen and oxygen atoms in total. The van der Waals surface area contributed by atoms with E-state index in [1.807, 2.05) is 0 Å². The molecule has 16 heavy (non-hydrogen) atoms. The maximum atomic E-state index is 10.7. The van der Waals surface area contributed by atoms with Crippen molar-refractivity contribution in [1.29, 1.82) is 0 Å². The van der Waals surface area contributed by atoms with Gasteiger partial charge < -0.3 is 25.2 Å². The summed E-state index contributed by atoms with van der Waals surface area (Å²) in [6.45, 7) is 1.61. The quantitative estimate of drug-likeness (QED) is 0.378. The fourth-order valence-electron chi connectivity index (χ4n) is 0.956. The molecular formula is C9H16O7. The van der Waals surface area contributed by atoms with Gasteiger partial charge in [0, 0.05) is 6.92 Å². The second-order valence-corrected chi connectivity index (χ2v) is 3.41. The normalized spacial score (nSPS) is 18.4. The molecule has 0 aliphatic rings. The molecule has 0 aromatic rings. The van der Waals surface area contributed by atoms with Crippen LogP contribution in [0, 0.1) is 0 Å². The van der Waals surface area contributed by atoms with E-state index in [9.17, 15) is 24.9 Å². The first-order valence-corrected chi connectivity index (χ1v) is 4.63. The van der Waals surface area contributed by atoms with Crippen molar-refractivity contribution in [2.45, 2.75) is 38.3 Å². The number of carbonyl (C=O) groups is 2. The van der Waals surface area contributed by atoms with Crippen LogP contribution in [0.5, 0.6) is 0 Å². The van der Waals surface area contributed by atoms with Gasteiger partial charge in [0.2, 0.25) is 0 Å². The molecule has 0 bridgehead atoms. The molecule has 0 heterocycles. The highest BCUT2D eigenvalue weighted by Crippen LogP contribution is 2.06. The van der Waals surface area contributed by atoms with E-state index < -0.39 is 42.8 Å². The summed E-state index contributed by atoms with van der Waals surface area (Å²) in [6.07, 6.45) is -6.98. The van der Waals surface area contributed by atoms with E-state index in [0.717, 1.165) is 13.8 Å². The van der Waals surface area contributed by atoms with Gasteiger partial charge in [0.1, 0.15) is 31.0 Å². The molecule has 0 aliphatic carbocycles. The molecule has 94 valence electrons. The van der Waals surface area contributed by atoms with E-state index in [1.165, 1.54) is 0 Å². The third-order valence-electron chi connectivity index (χ3n) is 1.94. The average Bonchev–Trinajstić information content (AvgIpc) is 2.22. The Morgan fingerprint density at radius 2 is 1.56 bits per heavy atom. The van der Waals surface area contributed by atoms with Crippen LogP contribution in [0.1, 0.15) is 13.8 Å². The third-order valence-corrected chi connectivity index (χ3v) is 1.94. The van der Waals surface area contributed by atoms with E-state index in [0.29, 0.717) is 0 Å². The first-order chi connectivity index (χ1) is 7.27. The van der Waals surface area contributed by atoms with Crippen molar-refractivity contribution < 1.29 is 34.8 Å². The molecule has 0 aromatic heterocycles. The molecule has 0 aromatic carbocycles. The van der Waals surface area contributed by atoms with Crippen molar-refractivity contribution >= 4 is 11.8 Å². The second-order valence-electron chi connectivity index (χ2n) is 3.41. The second kappa shape index (κ2) is 6.54. The molecular weight excluding hydrogens is 220 g/mol. The van der Waals surface area contributed by atoms with E-state index in [2.05, 4.69) is 4.74 Å². The number of hydrogen-bond acceptors (Lipinski definition) is 7. The van der Waals surface area contributed by atoms with Crippen LogP contribution in [-0.4, -0.2) is 63.2 Å². The lowest BCUT2D eigenvalue weighted by Gasteiger charge is -2.24. The number of ether oxygens (including phenoxy) is 1. The van der Waals surface area contributed by atoms with E-state index in [4.69, 9.17) is 5.11 Å². The minimum absolute atomic E-state index is 0.530. The smallest absolute Gasteiger partial charge is 0.302 e. The first-order valence-electron chi connectivity index (χ1n) is 4.63. The molecule has 4 N–H and O–H groups in total. The summed E-state index contributed by atoms with van der Waals surface area (Å²) in [6, 6.07) is 0. The molecule has 7 heteroatoms. The van der Waals surface area contributed by atoms with Crippen molar-refractivity contribution in [2.24, 2.45) is 0 Å². The summed E-state index contributed by atoms with van der Waals surface area (Å²) in [5.74, 6) is -1.40. The predicted molar refractivity (Wildman–Crippen MR) is 51.3 cm³/mol. The number of aliphatic hydroxyl groups is 4. The minimum Gasteiger partial charge on any atom is -0.463 e. The van der Waals surface area contributed by atoms with Crippen LogP contribution in [0.25, 0.3) is 0 Å². The Labute approximate surface area is 92.3 Å². The van der Waals surface area contributed by atoms with Crippen molar-refractivity contribution in [1.82, 2.24) is 0 Å². The predicted octanol–water partition coefficient (Wildman–Crippen LogP) is -2.42. The van der Waals surface area contributed by atoms with Crippen molar-refractivity contribution in [2.75, 3.05) is 6.61 Å². The summed E-state index contributed by atoms with van der Waals surface area (Å²) >= 11 is 0. The maximum absolute atomic E-state index is 10.7. The van der Waals surface area contributed by atoms with Crippen molar-refractivity contribution in [3.8, 4) is 0 Å². The lowest BCUT2D eigenvalue weighted by atomic mass is 10.0. The van der Waals surface area contributed by atoms with Crippen LogP contribution in [0.15, 0.2) is 0 Å². The number of esters is 1. The van der Waals surface area contributed by atoms with Gasteiger partial charge in [-0.15, -0.1) is 0 Å². The molecule has 0 unspecified atom stereocenters. The molecule has 4 atom stereocenters. The summed E-state index contributed by atoms with van der Waals surface area (Å²) < 4.78 is 4.39. The maximum Gasteiger partial charge on any atom is 0.302 e. The number of Topliss-reactive ketones (excluding diaryl/α,β-unsaturated/α-hetero) is 1. The molecule has 0 radical (unpaired) electrons. The van der Waals surface area contributed by atoms with Crippen LogP contribution in [0.2, 0.25) is 0 Å². The molecule has 0 fully saturated rings. The zero-order valence-electron chi connectivity index (χ0n) is 9.03. The van der Waals surface area contributed by atoms with Gasteiger partial charge >= 0.3 is 5.97 Å². The van der Waals surface area contributed by atoms with Gasteiger partial charge in [0.05, 0.1) is 0 Å². The van der Waals surface area contributed by atoms with Crippen LogP contribution >= 0.6 is 0 Å². The zero-order valence-corrected chi connectivity index (χ0v) is 9.03. The number of aliphatic hydroxyl groups excluding tert-OH is 4. The fraction of sp³-hybridized carbons (Fsp3) is 0.778. The van der Waals surface area contributed by atoms with Gasteiger partial charge in [-0.3, -0.25) is 9.59 Å². The Balaban J connectivity index is 4.25. The average molecular weight is 236 g/mol.